The lowest BCUT2D eigenvalue weighted by molar-refractivity contribution is -0.119. The molecule has 4 heteroatoms. The Balaban J connectivity index is 2.78. The minimum Gasteiger partial charge on any atom is -0.350 e. The lowest BCUT2D eigenvalue weighted by Crippen LogP contribution is -2.23. The summed E-state index contributed by atoms with van der Waals surface area (Å²) in [4.78, 5) is 22.2. The molecular formula is C12H14BrNO2. The summed E-state index contributed by atoms with van der Waals surface area (Å²) in [7, 11) is 0. The number of ketones is 1. The molecule has 0 unspecified atom stereocenters. The van der Waals surface area contributed by atoms with Crippen LogP contribution >= 0.6 is 15.9 Å². The second-order valence-electron chi connectivity index (χ2n) is 3.60. The Morgan fingerprint density at radius 3 is 2.31 bits per heavy atom. The van der Waals surface area contributed by atoms with Gasteiger partial charge in [-0.15, -0.1) is 0 Å². The van der Waals surface area contributed by atoms with Crippen molar-refractivity contribution < 1.29 is 9.59 Å². The monoisotopic (exact) mass is 283 g/mol. The number of benzene rings is 1. The van der Waals surface area contributed by atoms with Crippen LogP contribution in [0.4, 0.5) is 0 Å². The predicted octanol–water partition coefficient (Wildman–Crippen LogP) is 2.46. The first-order valence-corrected chi connectivity index (χ1v) is 6.13. The quantitative estimate of drug-likeness (QED) is 0.682. The summed E-state index contributed by atoms with van der Waals surface area (Å²) in [6.07, 6.45) is 0. The molecule has 0 aliphatic carbocycles. The van der Waals surface area contributed by atoms with Crippen molar-refractivity contribution in [2.45, 2.75) is 19.9 Å². The van der Waals surface area contributed by atoms with Crippen molar-refractivity contribution in [1.82, 2.24) is 5.32 Å². The molecule has 0 heterocycles. The average Bonchev–Trinajstić information content (AvgIpc) is 2.27. The summed E-state index contributed by atoms with van der Waals surface area (Å²) in [5, 5.41) is 3.12. The highest BCUT2D eigenvalue weighted by atomic mass is 79.9. The molecule has 1 aromatic carbocycles. The van der Waals surface area contributed by atoms with E-state index >= 15 is 0 Å². The van der Waals surface area contributed by atoms with Gasteiger partial charge in [-0.3, -0.25) is 9.59 Å². The normalized spacial score (nSPS) is 11.9. The minimum absolute atomic E-state index is 0.0365. The van der Waals surface area contributed by atoms with Gasteiger partial charge in [0.15, 0.2) is 5.78 Å². The molecule has 0 aliphatic heterocycles. The molecular weight excluding hydrogens is 270 g/mol. The number of halogens is 1. The molecule has 0 bridgehead atoms. The van der Waals surface area contributed by atoms with E-state index in [0.717, 1.165) is 5.56 Å². The van der Waals surface area contributed by atoms with Gasteiger partial charge in [0, 0.05) is 12.5 Å². The number of carbonyl (C=O) groups excluding carboxylic acids is 2. The van der Waals surface area contributed by atoms with E-state index in [4.69, 9.17) is 0 Å². The number of amides is 1. The molecule has 1 atom stereocenters. The fraction of sp³-hybridized carbons (Fsp3) is 0.333. The lowest BCUT2D eigenvalue weighted by Gasteiger charge is -2.12. The number of Topliss-reactive ketones (excluding diaryl/α,β-unsaturated/α-hetero) is 1. The number of hydrogen-bond acceptors (Lipinski definition) is 2. The third-order valence-electron chi connectivity index (χ3n) is 2.27. The van der Waals surface area contributed by atoms with Crippen LogP contribution in [0, 0.1) is 0 Å². The highest BCUT2D eigenvalue weighted by Gasteiger charge is 2.08. The summed E-state index contributed by atoms with van der Waals surface area (Å²) in [5.74, 6) is -0.00755. The molecule has 0 saturated carbocycles. The Labute approximate surface area is 103 Å². The van der Waals surface area contributed by atoms with Crippen LogP contribution in [0.1, 0.15) is 35.8 Å². The van der Waals surface area contributed by atoms with Crippen LogP contribution in [0.25, 0.3) is 0 Å². The van der Waals surface area contributed by atoms with Gasteiger partial charge in [0.2, 0.25) is 5.91 Å². The Morgan fingerprint density at radius 2 is 1.88 bits per heavy atom. The van der Waals surface area contributed by atoms with Gasteiger partial charge in [0.05, 0.1) is 11.4 Å². The number of hydrogen-bond donors (Lipinski definition) is 1. The topological polar surface area (TPSA) is 46.2 Å². The molecule has 0 aromatic heterocycles. The van der Waals surface area contributed by atoms with Crippen LogP contribution in [-0.4, -0.2) is 17.0 Å². The van der Waals surface area contributed by atoms with E-state index in [1.807, 2.05) is 19.1 Å². The average molecular weight is 284 g/mol. The summed E-state index contributed by atoms with van der Waals surface area (Å²) in [5.41, 5.74) is 1.66. The second-order valence-corrected chi connectivity index (χ2v) is 4.16. The van der Waals surface area contributed by atoms with E-state index in [9.17, 15) is 9.59 Å². The van der Waals surface area contributed by atoms with E-state index in [-0.39, 0.29) is 17.7 Å². The number of alkyl halides is 1. The zero-order valence-electron chi connectivity index (χ0n) is 9.29. The summed E-state index contributed by atoms with van der Waals surface area (Å²) in [6.45, 7) is 3.39. The Morgan fingerprint density at radius 1 is 1.31 bits per heavy atom. The summed E-state index contributed by atoms with van der Waals surface area (Å²) < 4.78 is 0. The van der Waals surface area contributed by atoms with Crippen molar-refractivity contribution in [3.05, 3.63) is 35.4 Å². The zero-order valence-corrected chi connectivity index (χ0v) is 10.9. The van der Waals surface area contributed by atoms with Gasteiger partial charge < -0.3 is 5.32 Å². The standard InChI is InChI=1S/C12H14BrNO2/c1-8(14-9(2)15)10-3-5-11(6-4-10)12(16)7-13/h3-6,8H,7H2,1-2H3,(H,14,15)/t8-/m0/s1. The Hall–Kier alpha value is -1.16. The highest BCUT2D eigenvalue weighted by Crippen LogP contribution is 2.14. The van der Waals surface area contributed by atoms with Crippen LogP contribution in [-0.2, 0) is 4.79 Å². The molecule has 3 nitrogen and oxygen atoms in total. The van der Waals surface area contributed by atoms with Crippen molar-refractivity contribution in [3.8, 4) is 0 Å². The van der Waals surface area contributed by atoms with Crippen molar-refractivity contribution in [2.75, 3.05) is 5.33 Å². The fourth-order valence-corrected chi connectivity index (χ4v) is 1.75. The zero-order chi connectivity index (χ0) is 12.1. The van der Waals surface area contributed by atoms with Gasteiger partial charge in [0.25, 0.3) is 0 Å². The largest absolute Gasteiger partial charge is 0.350 e. The third kappa shape index (κ3) is 3.45. The smallest absolute Gasteiger partial charge is 0.217 e. The summed E-state index contributed by atoms with van der Waals surface area (Å²) in [6, 6.07) is 7.23. The molecule has 1 N–H and O–H groups in total. The van der Waals surface area contributed by atoms with Crippen molar-refractivity contribution in [3.63, 3.8) is 0 Å². The van der Waals surface area contributed by atoms with E-state index < -0.39 is 0 Å². The van der Waals surface area contributed by atoms with Gasteiger partial charge in [0.1, 0.15) is 0 Å². The molecule has 1 amide bonds. The molecule has 0 fully saturated rings. The van der Waals surface area contributed by atoms with Crippen molar-refractivity contribution in [1.29, 1.82) is 0 Å². The molecule has 86 valence electrons. The third-order valence-corrected chi connectivity index (χ3v) is 2.78. The molecule has 1 rings (SSSR count). The highest BCUT2D eigenvalue weighted by molar-refractivity contribution is 9.09. The maximum absolute atomic E-state index is 11.4. The van der Waals surface area contributed by atoms with E-state index in [1.165, 1.54) is 6.92 Å². The number of rotatable bonds is 4. The Kier molecular flexibility index (Phi) is 4.68. The lowest BCUT2D eigenvalue weighted by atomic mass is 10.0. The molecule has 0 spiro atoms. The van der Waals surface area contributed by atoms with Crippen LogP contribution < -0.4 is 5.32 Å². The first kappa shape index (κ1) is 12.9. The number of carbonyl (C=O) groups is 2. The van der Waals surface area contributed by atoms with E-state index in [2.05, 4.69) is 21.2 Å². The SMILES string of the molecule is CC(=O)N[C@@H](C)c1ccc(C(=O)CBr)cc1. The fourth-order valence-electron chi connectivity index (χ4n) is 1.42. The predicted molar refractivity (Wildman–Crippen MR) is 66.8 cm³/mol. The molecule has 16 heavy (non-hydrogen) atoms. The second kappa shape index (κ2) is 5.80. The molecule has 1 aromatic rings. The number of nitrogens with one attached hydrogen (secondary N) is 1. The summed E-state index contributed by atoms with van der Waals surface area (Å²) >= 11 is 3.13. The van der Waals surface area contributed by atoms with E-state index in [0.29, 0.717) is 10.9 Å². The first-order valence-electron chi connectivity index (χ1n) is 5.01. The van der Waals surface area contributed by atoms with Crippen LogP contribution in [0.3, 0.4) is 0 Å². The van der Waals surface area contributed by atoms with Crippen molar-refractivity contribution >= 4 is 27.6 Å². The maximum atomic E-state index is 11.4. The van der Waals surface area contributed by atoms with Crippen LogP contribution in [0.2, 0.25) is 0 Å². The first-order chi connectivity index (χ1) is 7.54. The Bertz CT molecular complexity index is 387. The van der Waals surface area contributed by atoms with Gasteiger partial charge in [-0.25, -0.2) is 0 Å². The van der Waals surface area contributed by atoms with Crippen LogP contribution in [0.5, 0.6) is 0 Å². The molecule has 0 radical (unpaired) electrons. The van der Waals surface area contributed by atoms with Crippen molar-refractivity contribution in [2.24, 2.45) is 0 Å². The van der Waals surface area contributed by atoms with Gasteiger partial charge in [-0.05, 0) is 12.5 Å². The van der Waals surface area contributed by atoms with Gasteiger partial charge in [-0.1, -0.05) is 40.2 Å². The molecule has 0 saturated heterocycles. The maximum Gasteiger partial charge on any atom is 0.217 e. The van der Waals surface area contributed by atoms with E-state index in [1.54, 1.807) is 12.1 Å². The van der Waals surface area contributed by atoms with Gasteiger partial charge in [-0.2, -0.15) is 0 Å². The minimum atomic E-state index is -0.0619. The molecule has 0 aliphatic rings. The van der Waals surface area contributed by atoms with Gasteiger partial charge >= 0.3 is 0 Å². The van der Waals surface area contributed by atoms with Crippen LogP contribution in [0.15, 0.2) is 24.3 Å².